The van der Waals surface area contributed by atoms with Gasteiger partial charge in [-0.1, -0.05) is 78.9 Å². The molecule has 174 valence electrons. The second-order valence-electron chi connectivity index (χ2n) is 8.62. The molecule has 0 saturated carbocycles. The maximum atomic E-state index is 5.76. The van der Waals surface area contributed by atoms with Crippen molar-refractivity contribution in [1.82, 2.24) is 30.0 Å². The lowest BCUT2D eigenvalue weighted by atomic mass is 10.0. The minimum atomic E-state index is -0.0891. The number of benzene rings is 3. The molecule has 1 atom stereocenters. The summed E-state index contributed by atoms with van der Waals surface area (Å²) in [5, 5.41) is 12.9. The van der Waals surface area contributed by atoms with Gasteiger partial charge >= 0.3 is 0 Å². The standard InChI is InChI=1S/C27H30N6O/c1-34-25-15-9-8-14-24(25)26(27-28-29-30-33(27)21-23-12-6-3-7-13-23)32-18-16-31(17-19-32)20-22-10-4-2-5-11-22/h2-15,26H,16-21H2,1H3/t26-/m1/s1. The summed E-state index contributed by atoms with van der Waals surface area (Å²) in [5.74, 6) is 1.69. The molecule has 7 heteroatoms. The van der Waals surface area contributed by atoms with E-state index in [9.17, 15) is 0 Å². The molecule has 5 rings (SSSR count). The zero-order chi connectivity index (χ0) is 23.2. The zero-order valence-electron chi connectivity index (χ0n) is 19.5. The van der Waals surface area contributed by atoms with E-state index in [0.717, 1.165) is 49.9 Å². The fourth-order valence-corrected chi connectivity index (χ4v) is 4.69. The Kier molecular flexibility index (Phi) is 6.93. The van der Waals surface area contributed by atoms with Crippen molar-refractivity contribution in [2.75, 3.05) is 33.3 Å². The first-order valence-electron chi connectivity index (χ1n) is 11.7. The molecule has 0 aliphatic carbocycles. The highest BCUT2D eigenvalue weighted by Crippen LogP contribution is 2.34. The topological polar surface area (TPSA) is 59.3 Å². The Labute approximate surface area is 200 Å². The molecule has 0 N–H and O–H groups in total. The Hall–Kier alpha value is -3.55. The van der Waals surface area contributed by atoms with Gasteiger partial charge in [0.25, 0.3) is 0 Å². The first-order valence-corrected chi connectivity index (χ1v) is 11.7. The van der Waals surface area contributed by atoms with Crippen LogP contribution in [0.3, 0.4) is 0 Å². The summed E-state index contributed by atoms with van der Waals surface area (Å²) in [7, 11) is 1.72. The molecule has 4 aromatic rings. The third kappa shape index (κ3) is 5.00. The summed E-state index contributed by atoms with van der Waals surface area (Å²) < 4.78 is 7.68. The van der Waals surface area contributed by atoms with Crippen molar-refractivity contribution in [3.8, 4) is 5.75 Å². The van der Waals surface area contributed by atoms with E-state index in [1.807, 2.05) is 35.0 Å². The Balaban J connectivity index is 1.41. The Morgan fingerprint density at radius 2 is 1.38 bits per heavy atom. The van der Waals surface area contributed by atoms with E-state index in [-0.39, 0.29) is 6.04 Å². The van der Waals surface area contributed by atoms with Gasteiger partial charge in [0.05, 0.1) is 13.7 Å². The number of piperazine rings is 1. The highest BCUT2D eigenvalue weighted by Gasteiger charge is 2.32. The van der Waals surface area contributed by atoms with Crippen LogP contribution in [0.5, 0.6) is 5.75 Å². The van der Waals surface area contributed by atoms with Crippen molar-refractivity contribution in [3.05, 3.63) is 107 Å². The van der Waals surface area contributed by atoms with Gasteiger partial charge in [0.1, 0.15) is 11.8 Å². The largest absolute Gasteiger partial charge is 0.496 e. The van der Waals surface area contributed by atoms with Gasteiger partial charge in [0, 0.05) is 38.3 Å². The Morgan fingerprint density at radius 3 is 2.06 bits per heavy atom. The van der Waals surface area contributed by atoms with Gasteiger partial charge in [-0.05, 0) is 27.6 Å². The van der Waals surface area contributed by atoms with Gasteiger partial charge in [-0.25, -0.2) is 4.68 Å². The number of nitrogens with zero attached hydrogens (tertiary/aromatic N) is 6. The van der Waals surface area contributed by atoms with Gasteiger partial charge in [-0.3, -0.25) is 9.80 Å². The van der Waals surface area contributed by atoms with Gasteiger partial charge in [-0.2, -0.15) is 0 Å². The molecule has 1 saturated heterocycles. The van der Waals surface area contributed by atoms with E-state index < -0.39 is 0 Å². The number of aromatic nitrogens is 4. The van der Waals surface area contributed by atoms with E-state index in [0.29, 0.717) is 6.54 Å². The number of rotatable bonds is 8. The van der Waals surface area contributed by atoms with Crippen LogP contribution in [0.25, 0.3) is 0 Å². The monoisotopic (exact) mass is 454 g/mol. The van der Waals surface area contributed by atoms with Crippen LogP contribution in [0, 0.1) is 0 Å². The van der Waals surface area contributed by atoms with Crippen LogP contribution >= 0.6 is 0 Å². The van der Waals surface area contributed by atoms with Crippen molar-refractivity contribution >= 4 is 0 Å². The summed E-state index contributed by atoms with van der Waals surface area (Å²) >= 11 is 0. The third-order valence-corrected chi connectivity index (χ3v) is 6.43. The number of hydrogen-bond acceptors (Lipinski definition) is 6. The molecular weight excluding hydrogens is 424 g/mol. The number of tetrazole rings is 1. The van der Waals surface area contributed by atoms with Crippen LogP contribution in [-0.4, -0.2) is 63.3 Å². The summed E-state index contributed by atoms with van der Waals surface area (Å²) in [4.78, 5) is 4.99. The number of methoxy groups -OCH3 is 1. The normalized spacial score (nSPS) is 15.8. The lowest BCUT2D eigenvalue weighted by Crippen LogP contribution is -2.48. The quantitative estimate of drug-likeness (QED) is 0.405. The van der Waals surface area contributed by atoms with Crippen LogP contribution in [0.15, 0.2) is 84.9 Å². The molecular formula is C27H30N6O. The van der Waals surface area contributed by atoms with E-state index >= 15 is 0 Å². The molecule has 2 heterocycles. The first kappa shape index (κ1) is 22.3. The molecule has 7 nitrogen and oxygen atoms in total. The molecule has 0 amide bonds. The summed E-state index contributed by atoms with van der Waals surface area (Å²) in [6, 6.07) is 29.1. The average Bonchev–Trinajstić information content (AvgIpc) is 3.34. The van der Waals surface area contributed by atoms with Crippen molar-refractivity contribution in [2.45, 2.75) is 19.1 Å². The van der Waals surface area contributed by atoms with Crippen molar-refractivity contribution in [3.63, 3.8) is 0 Å². The molecule has 34 heavy (non-hydrogen) atoms. The predicted octanol–water partition coefficient (Wildman–Crippen LogP) is 3.64. The lowest BCUT2D eigenvalue weighted by molar-refractivity contribution is 0.0993. The second kappa shape index (κ2) is 10.6. The smallest absolute Gasteiger partial charge is 0.173 e. The van der Waals surface area contributed by atoms with E-state index in [1.54, 1.807) is 7.11 Å². The lowest BCUT2D eigenvalue weighted by Gasteiger charge is -2.39. The number of ether oxygens (including phenoxy) is 1. The van der Waals surface area contributed by atoms with Crippen LogP contribution < -0.4 is 4.74 Å². The zero-order valence-corrected chi connectivity index (χ0v) is 19.5. The number of hydrogen-bond donors (Lipinski definition) is 0. The summed E-state index contributed by atoms with van der Waals surface area (Å²) in [5.41, 5.74) is 3.61. The predicted molar refractivity (Wildman–Crippen MR) is 131 cm³/mol. The molecule has 0 spiro atoms. The maximum Gasteiger partial charge on any atom is 0.173 e. The Morgan fingerprint density at radius 1 is 0.765 bits per heavy atom. The second-order valence-corrected chi connectivity index (χ2v) is 8.62. The fourth-order valence-electron chi connectivity index (χ4n) is 4.69. The van der Waals surface area contributed by atoms with E-state index in [4.69, 9.17) is 4.74 Å². The highest BCUT2D eigenvalue weighted by molar-refractivity contribution is 5.39. The molecule has 1 aliphatic rings. The minimum absolute atomic E-state index is 0.0891. The summed E-state index contributed by atoms with van der Waals surface area (Å²) in [6.07, 6.45) is 0. The van der Waals surface area contributed by atoms with Gasteiger partial charge in [0.15, 0.2) is 5.82 Å². The van der Waals surface area contributed by atoms with E-state index in [2.05, 4.69) is 79.9 Å². The Bertz CT molecular complexity index is 1170. The van der Waals surface area contributed by atoms with Crippen molar-refractivity contribution in [1.29, 1.82) is 0 Å². The van der Waals surface area contributed by atoms with E-state index in [1.165, 1.54) is 11.1 Å². The highest BCUT2D eigenvalue weighted by atomic mass is 16.5. The van der Waals surface area contributed by atoms with Crippen LogP contribution in [0.4, 0.5) is 0 Å². The average molecular weight is 455 g/mol. The molecule has 0 bridgehead atoms. The van der Waals surface area contributed by atoms with Gasteiger partial charge < -0.3 is 4.74 Å². The fraction of sp³-hybridized carbons (Fsp3) is 0.296. The molecule has 1 aliphatic heterocycles. The molecule has 1 fully saturated rings. The number of para-hydroxylation sites is 1. The third-order valence-electron chi connectivity index (χ3n) is 6.43. The van der Waals surface area contributed by atoms with Crippen molar-refractivity contribution in [2.24, 2.45) is 0 Å². The molecule has 3 aromatic carbocycles. The molecule has 0 radical (unpaired) electrons. The van der Waals surface area contributed by atoms with Crippen molar-refractivity contribution < 1.29 is 4.74 Å². The molecule has 1 aromatic heterocycles. The summed E-state index contributed by atoms with van der Waals surface area (Å²) in [6.45, 7) is 5.42. The molecule has 0 unspecified atom stereocenters. The van der Waals surface area contributed by atoms with Gasteiger partial charge in [0.2, 0.25) is 0 Å². The van der Waals surface area contributed by atoms with Crippen LogP contribution in [0.1, 0.15) is 28.6 Å². The SMILES string of the molecule is COc1ccccc1[C@H](c1nnnn1Cc1ccccc1)N1CCN(Cc2ccccc2)CC1. The van der Waals surface area contributed by atoms with Crippen LogP contribution in [-0.2, 0) is 13.1 Å². The van der Waals surface area contributed by atoms with Gasteiger partial charge in [-0.15, -0.1) is 5.10 Å². The first-order chi connectivity index (χ1) is 16.8. The van der Waals surface area contributed by atoms with Crippen LogP contribution in [0.2, 0.25) is 0 Å². The minimum Gasteiger partial charge on any atom is -0.496 e. The maximum absolute atomic E-state index is 5.76.